The van der Waals surface area contributed by atoms with Crippen molar-refractivity contribution < 1.29 is 0 Å². The predicted octanol–water partition coefficient (Wildman–Crippen LogP) is 3.48. The lowest BCUT2D eigenvalue weighted by atomic mass is 10.2. The van der Waals surface area contributed by atoms with Gasteiger partial charge in [0.25, 0.3) is 0 Å². The van der Waals surface area contributed by atoms with Crippen LogP contribution in [-0.4, -0.2) is 26.5 Å². The molecule has 0 amide bonds. The lowest BCUT2D eigenvalue weighted by molar-refractivity contribution is 0.242. The molecule has 1 fully saturated rings. The van der Waals surface area contributed by atoms with Gasteiger partial charge in [-0.05, 0) is 40.7 Å². The quantitative estimate of drug-likeness (QED) is 0.845. The third kappa shape index (κ3) is 2.65. The number of aryl methyl sites for hydroxylation is 2. The maximum atomic E-state index is 4.68. The number of hydrogen-bond donors (Lipinski definition) is 0. The van der Waals surface area contributed by atoms with Crippen LogP contribution >= 0.6 is 11.3 Å². The minimum atomic E-state index is 0.336. The molecule has 0 aliphatic heterocycles. The van der Waals surface area contributed by atoms with E-state index in [9.17, 15) is 0 Å². The maximum absolute atomic E-state index is 4.68. The van der Waals surface area contributed by atoms with Gasteiger partial charge in [0, 0.05) is 23.7 Å². The van der Waals surface area contributed by atoms with Crippen LogP contribution < -0.4 is 0 Å². The smallest absolute Gasteiger partial charge is 0.0951 e. The molecule has 5 heteroatoms. The summed E-state index contributed by atoms with van der Waals surface area (Å²) < 4.78 is 2.34. The van der Waals surface area contributed by atoms with Crippen molar-refractivity contribution in [3.8, 4) is 0 Å². The molecule has 2 heterocycles. The number of aromatic nitrogens is 3. The third-order valence-electron chi connectivity index (χ3n) is 4.09. The van der Waals surface area contributed by atoms with Crippen molar-refractivity contribution in [2.24, 2.45) is 0 Å². The second-order valence-electron chi connectivity index (χ2n) is 5.79. The van der Waals surface area contributed by atoms with Gasteiger partial charge in [-0.1, -0.05) is 0 Å². The van der Waals surface area contributed by atoms with Crippen molar-refractivity contribution in [3.05, 3.63) is 33.8 Å². The van der Waals surface area contributed by atoms with Gasteiger partial charge in [0.1, 0.15) is 0 Å². The first kappa shape index (κ1) is 13.8. The monoisotopic (exact) mass is 290 g/mol. The molecule has 1 aliphatic carbocycles. The molecule has 1 saturated carbocycles. The lowest BCUT2D eigenvalue weighted by Gasteiger charge is -2.24. The van der Waals surface area contributed by atoms with Gasteiger partial charge in [-0.25, -0.2) is 9.97 Å². The van der Waals surface area contributed by atoms with Crippen molar-refractivity contribution in [2.75, 3.05) is 7.05 Å². The van der Waals surface area contributed by atoms with E-state index in [0.29, 0.717) is 12.1 Å². The highest BCUT2D eigenvalue weighted by molar-refractivity contribution is 7.11. The van der Waals surface area contributed by atoms with Gasteiger partial charge < -0.3 is 4.57 Å². The van der Waals surface area contributed by atoms with E-state index in [-0.39, 0.29) is 0 Å². The average molecular weight is 290 g/mol. The van der Waals surface area contributed by atoms with Crippen LogP contribution in [0.5, 0.6) is 0 Å². The van der Waals surface area contributed by atoms with E-state index in [0.717, 1.165) is 11.6 Å². The Labute approximate surface area is 124 Å². The van der Waals surface area contributed by atoms with Crippen LogP contribution in [0.4, 0.5) is 0 Å². The fourth-order valence-corrected chi connectivity index (χ4v) is 3.58. The number of imidazole rings is 1. The molecule has 0 aromatic carbocycles. The maximum Gasteiger partial charge on any atom is 0.0951 e. The van der Waals surface area contributed by atoms with Crippen LogP contribution in [0, 0.1) is 13.8 Å². The minimum absolute atomic E-state index is 0.336. The molecule has 0 bridgehead atoms. The molecule has 20 heavy (non-hydrogen) atoms. The van der Waals surface area contributed by atoms with E-state index < -0.39 is 0 Å². The van der Waals surface area contributed by atoms with E-state index in [4.69, 9.17) is 0 Å². The first-order valence-electron chi connectivity index (χ1n) is 7.21. The second-order valence-corrected chi connectivity index (χ2v) is 7.20. The Kier molecular flexibility index (Phi) is 3.65. The summed E-state index contributed by atoms with van der Waals surface area (Å²) in [4.78, 5) is 12.7. The normalized spacial score (nSPS) is 16.9. The van der Waals surface area contributed by atoms with E-state index in [1.54, 1.807) is 11.3 Å². The van der Waals surface area contributed by atoms with Gasteiger partial charge in [-0.2, -0.15) is 0 Å². The first-order chi connectivity index (χ1) is 9.56. The van der Waals surface area contributed by atoms with Gasteiger partial charge >= 0.3 is 0 Å². The van der Waals surface area contributed by atoms with E-state index in [2.05, 4.69) is 47.3 Å². The largest absolute Gasteiger partial charge is 0.330 e. The topological polar surface area (TPSA) is 34.0 Å². The summed E-state index contributed by atoms with van der Waals surface area (Å²) in [5.74, 6) is 0. The van der Waals surface area contributed by atoms with Crippen molar-refractivity contribution >= 4 is 11.3 Å². The summed E-state index contributed by atoms with van der Waals surface area (Å²) in [6.45, 7) is 7.40. The third-order valence-corrected chi connectivity index (χ3v) is 5.00. The Hall–Kier alpha value is -1.20. The van der Waals surface area contributed by atoms with Crippen LogP contribution in [0.15, 0.2) is 12.5 Å². The van der Waals surface area contributed by atoms with Crippen molar-refractivity contribution in [1.82, 2.24) is 19.4 Å². The first-order valence-corrected chi connectivity index (χ1v) is 8.02. The van der Waals surface area contributed by atoms with Crippen molar-refractivity contribution in [3.63, 3.8) is 0 Å². The fraction of sp³-hybridized carbons (Fsp3) is 0.600. The molecule has 2 aromatic rings. The molecule has 1 aliphatic rings. The molecule has 108 valence electrons. The zero-order chi connectivity index (χ0) is 14.3. The number of rotatable bonds is 5. The Morgan fingerprint density at radius 2 is 2.20 bits per heavy atom. The molecular weight excluding hydrogens is 268 g/mol. The van der Waals surface area contributed by atoms with Gasteiger partial charge in [0.05, 0.1) is 28.8 Å². The van der Waals surface area contributed by atoms with E-state index >= 15 is 0 Å². The summed E-state index contributed by atoms with van der Waals surface area (Å²) in [7, 11) is 2.17. The Bertz CT molecular complexity index is 597. The number of thiazole rings is 1. The van der Waals surface area contributed by atoms with Gasteiger partial charge in [0.15, 0.2) is 0 Å². The molecule has 0 N–H and O–H groups in total. The average Bonchev–Trinajstić information content (AvgIpc) is 3.06. The van der Waals surface area contributed by atoms with Crippen LogP contribution in [0.3, 0.4) is 0 Å². The molecular formula is C15H22N4S. The predicted molar refractivity (Wildman–Crippen MR) is 82.0 cm³/mol. The minimum Gasteiger partial charge on any atom is -0.330 e. The fourth-order valence-electron chi connectivity index (χ4n) is 2.67. The number of nitrogens with zero attached hydrogens (tertiary/aromatic N) is 4. The zero-order valence-electron chi connectivity index (χ0n) is 12.6. The summed E-state index contributed by atoms with van der Waals surface area (Å²) in [6, 6.07) is 1.03. The SMILES string of the molecule is Cc1nc(C(C)N(C)Cc2cncn2C2CC2)c(C)s1. The van der Waals surface area contributed by atoms with E-state index in [1.807, 2.05) is 12.5 Å². The summed E-state index contributed by atoms with van der Waals surface area (Å²) in [5.41, 5.74) is 2.53. The van der Waals surface area contributed by atoms with Crippen LogP contribution in [0.2, 0.25) is 0 Å². The molecule has 1 unspecified atom stereocenters. The molecule has 0 spiro atoms. The van der Waals surface area contributed by atoms with E-state index in [1.165, 1.54) is 29.1 Å². The highest BCUT2D eigenvalue weighted by Gasteiger charge is 2.26. The Balaban J connectivity index is 1.73. The highest BCUT2D eigenvalue weighted by Crippen LogP contribution is 2.36. The Morgan fingerprint density at radius 1 is 1.45 bits per heavy atom. The van der Waals surface area contributed by atoms with Crippen molar-refractivity contribution in [2.45, 2.75) is 52.2 Å². The molecule has 3 rings (SSSR count). The highest BCUT2D eigenvalue weighted by atomic mass is 32.1. The molecule has 4 nitrogen and oxygen atoms in total. The molecule has 2 aromatic heterocycles. The van der Waals surface area contributed by atoms with Gasteiger partial charge in [-0.15, -0.1) is 11.3 Å². The molecule has 0 saturated heterocycles. The number of hydrogen-bond acceptors (Lipinski definition) is 4. The molecule has 0 radical (unpaired) electrons. The lowest BCUT2D eigenvalue weighted by Crippen LogP contribution is -2.24. The standard InChI is InChI=1S/C15H22N4S/c1-10(15-11(2)20-12(3)17-15)18(4)8-14-7-16-9-19(14)13-5-6-13/h7,9-10,13H,5-6,8H2,1-4H3. The van der Waals surface area contributed by atoms with Gasteiger partial charge in [-0.3, -0.25) is 4.90 Å². The van der Waals surface area contributed by atoms with Crippen molar-refractivity contribution in [1.29, 1.82) is 0 Å². The van der Waals surface area contributed by atoms with Crippen LogP contribution in [0.1, 0.15) is 53.1 Å². The Morgan fingerprint density at radius 3 is 2.80 bits per heavy atom. The summed E-state index contributed by atoms with van der Waals surface area (Å²) in [6.07, 6.45) is 6.57. The zero-order valence-corrected chi connectivity index (χ0v) is 13.4. The second kappa shape index (κ2) is 5.30. The van der Waals surface area contributed by atoms with Crippen LogP contribution in [-0.2, 0) is 6.54 Å². The summed E-state index contributed by atoms with van der Waals surface area (Å²) >= 11 is 1.79. The molecule has 1 atom stereocenters. The van der Waals surface area contributed by atoms with Gasteiger partial charge in [0.2, 0.25) is 0 Å². The summed E-state index contributed by atoms with van der Waals surface area (Å²) in [5, 5.41) is 1.15. The van der Waals surface area contributed by atoms with Crippen LogP contribution in [0.25, 0.3) is 0 Å².